The van der Waals surface area contributed by atoms with Crippen LogP contribution in [0.3, 0.4) is 0 Å². The zero-order chi connectivity index (χ0) is 18.5. The largest absolute Gasteiger partial charge is 0.459 e. The third-order valence-corrected chi connectivity index (χ3v) is 3.54. The van der Waals surface area contributed by atoms with Crippen LogP contribution in [0.4, 0.5) is 0 Å². The van der Waals surface area contributed by atoms with Crippen LogP contribution in [0.1, 0.15) is 15.9 Å². The van der Waals surface area contributed by atoms with Crippen LogP contribution in [-0.4, -0.2) is 21.7 Å². The first-order valence-electron chi connectivity index (χ1n) is 7.70. The lowest BCUT2D eigenvalue weighted by Crippen LogP contribution is -2.23. The van der Waals surface area contributed by atoms with Gasteiger partial charge in [-0.1, -0.05) is 30.3 Å². The number of aromatic nitrogens is 2. The van der Waals surface area contributed by atoms with Crippen LogP contribution in [0, 0.1) is 0 Å². The number of ether oxygens (including phenoxy) is 1. The Balaban J connectivity index is 1.61. The molecule has 0 aliphatic heterocycles. The number of benzene rings is 2. The molecule has 3 rings (SSSR count). The molecule has 2 N–H and O–H groups in total. The van der Waals surface area contributed by atoms with E-state index in [4.69, 9.17) is 14.9 Å². The van der Waals surface area contributed by atoms with Crippen LogP contribution in [0.15, 0.2) is 63.8 Å². The van der Waals surface area contributed by atoms with E-state index in [1.807, 2.05) is 6.07 Å². The number of carbonyl (C=O) groups is 2. The van der Waals surface area contributed by atoms with E-state index in [0.29, 0.717) is 16.7 Å². The SMILES string of the molecule is NC(=O)c1ccc(COC(=O)Cn2nc(-c3ccccc3)oc2=O)cc1. The van der Waals surface area contributed by atoms with Crippen LogP contribution in [0.25, 0.3) is 11.5 Å². The molecule has 0 unspecified atom stereocenters. The topological polar surface area (TPSA) is 117 Å². The fourth-order valence-electron chi connectivity index (χ4n) is 2.20. The first kappa shape index (κ1) is 17.2. The van der Waals surface area contributed by atoms with Crippen LogP contribution < -0.4 is 11.5 Å². The van der Waals surface area contributed by atoms with E-state index in [2.05, 4.69) is 5.10 Å². The molecule has 0 atom stereocenters. The number of primary amides is 1. The van der Waals surface area contributed by atoms with E-state index in [1.165, 1.54) is 0 Å². The molecule has 0 aliphatic rings. The number of rotatable bonds is 6. The summed E-state index contributed by atoms with van der Waals surface area (Å²) < 4.78 is 11.1. The van der Waals surface area contributed by atoms with E-state index in [-0.39, 0.29) is 19.0 Å². The molecule has 8 heteroatoms. The molecule has 1 aromatic heterocycles. The lowest BCUT2D eigenvalue weighted by Gasteiger charge is -2.05. The highest BCUT2D eigenvalue weighted by Crippen LogP contribution is 2.14. The van der Waals surface area contributed by atoms with Gasteiger partial charge in [-0.25, -0.2) is 4.79 Å². The summed E-state index contributed by atoms with van der Waals surface area (Å²) in [5.41, 5.74) is 6.83. The van der Waals surface area contributed by atoms with E-state index in [9.17, 15) is 14.4 Å². The molecule has 0 bridgehead atoms. The number of esters is 1. The highest BCUT2D eigenvalue weighted by atomic mass is 16.5. The molecule has 3 aromatic rings. The third kappa shape index (κ3) is 4.04. The second-order valence-electron chi connectivity index (χ2n) is 5.42. The van der Waals surface area contributed by atoms with Gasteiger partial charge in [-0.15, -0.1) is 5.10 Å². The van der Waals surface area contributed by atoms with Gasteiger partial charge in [0, 0.05) is 11.1 Å². The molecule has 0 radical (unpaired) electrons. The number of carbonyl (C=O) groups excluding carboxylic acids is 2. The second kappa shape index (κ2) is 7.47. The second-order valence-corrected chi connectivity index (χ2v) is 5.42. The lowest BCUT2D eigenvalue weighted by atomic mass is 10.1. The Morgan fingerprint density at radius 3 is 2.42 bits per heavy atom. The molecule has 0 aliphatic carbocycles. The fraction of sp³-hybridized carbons (Fsp3) is 0.111. The smallest absolute Gasteiger partial charge is 0.437 e. The van der Waals surface area contributed by atoms with Crippen molar-refractivity contribution >= 4 is 11.9 Å². The molecule has 132 valence electrons. The maximum absolute atomic E-state index is 11.9. The Morgan fingerprint density at radius 1 is 1.08 bits per heavy atom. The van der Waals surface area contributed by atoms with Gasteiger partial charge in [0.15, 0.2) is 0 Å². The van der Waals surface area contributed by atoms with Crippen molar-refractivity contribution in [2.45, 2.75) is 13.2 Å². The Hall–Kier alpha value is -3.68. The van der Waals surface area contributed by atoms with Crippen LogP contribution >= 0.6 is 0 Å². The summed E-state index contributed by atoms with van der Waals surface area (Å²) in [4.78, 5) is 34.7. The minimum Gasteiger partial charge on any atom is -0.459 e. The van der Waals surface area contributed by atoms with E-state index in [1.54, 1.807) is 48.5 Å². The molecular formula is C18H15N3O5. The first-order chi connectivity index (χ1) is 12.5. The molecular weight excluding hydrogens is 338 g/mol. The van der Waals surface area contributed by atoms with Crippen molar-refractivity contribution < 1.29 is 18.7 Å². The maximum Gasteiger partial charge on any atom is 0.437 e. The minimum absolute atomic E-state index is 0.00395. The summed E-state index contributed by atoms with van der Waals surface area (Å²) in [5, 5.41) is 3.99. The van der Waals surface area contributed by atoms with Gasteiger partial charge in [-0.3, -0.25) is 9.59 Å². The van der Waals surface area contributed by atoms with E-state index in [0.717, 1.165) is 4.68 Å². The maximum atomic E-state index is 11.9. The molecule has 1 heterocycles. The summed E-state index contributed by atoms with van der Waals surface area (Å²) in [5.74, 6) is -1.79. The normalized spacial score (nSPS) is 10.5. The van der Waals surface area contributed by atoms with Crippen LogP contribution in [0.5, 0.6) is 0 Å². The predicted octanol–water partition coefficient (Wildman–Crippen LogP) is 1.35. The summed E-state index contributed by atoms with van der Waals surface area (Å²) in [6.45, 7) is -0.370. The van der Waals surface area contributed by atoms with Gasteiger partial charge in [0.1, 0.15) is 13.2 Å². The Kier molecular flexibility index (Phi) is 4.93. The molecule has 26 heavy (non-hydrogen) atoms. The van der Waals surface area contributed by atoms with Gasteiger partial charge >= 0.3 is 11.7 Å². The molecule has 0 saturated heterocycles. The number of nitrogens with zero attached hydrogens (tertiary/aromatic N) is 2. The number of nitrogens with two attached hydrogens (primary N) is 1. The minimum atomic E-state index is -0.744. The van der Waals surface area contributed by atoms with Crippen molar-refractivity contribution in [2.24, 2.45) is 5.73 Å². The van der Waals surface area contributed by atoms with Gasteiger partial charge in [0.05, 0.1) is 0 Å². The quantitative estimate of drug-likeness (QED) is 0.668. The Morgan fingerprint density at radius 2 is 1.77 bits per heavy atom. The van der Waals surface area contributed by atoms with Crippen molar-refractivity contribution in [1.82, 2.24) is 9.78 Å². The Labute approximate surface area is 147 Å². The zero-order valence-electron chi connectivity index (χ0n) is 13.6. The summed E-state index contributed by atoms with van der Waals surface area (Å²) in [7, 11) is 0. The number of hydrogen-bond acceptors (Lipinski definition) is 6. The van der Waals surface area contributed by atoms with Gasteiger partial charge in [-0.2, -0.15) is 4.68 Å². The first-order valence-corrected chi connectivity index (χ1v) is 7.70. The average Bonchev–Trinajstić information content (AvgIpc) is 3.01. The van der Waals surface area contributed by atoms with Gasteiger partial charge in [0.25, 0.3) is 0 Å². The van der Waals surface area contributed by atoms with Gasteiger partial charge in [-0.05, 0) is 29.8 Å². The van der Waals surface area contributed by atoms with Crippen LogP contribution in [0.2, 0.25) is 0 Å². The van der Waals surface area contributed by atoms with Crippen molar-refractivity contribution in [3.63, 3.8) is 0 Å². The van der Waals surface area contributed by atoms with Crippen molar-refractivity contribution in [3.05, 3.63) is 76.3 Å². The highest BCUT2D eigenvalue weighted by Gasteiger charge is 2.14. The van der Waals surface area contributed by atoms with Gasteiger partial charge in [0.2, 0.25) is 11.8 Å². The molecule has 0 spiro atoms. The third-order valence-electron chi connectivity index (χ3n) is 3.54. The molecule has 0 fully saturated rings. The van der Waals surface area contributed by atoms with Crippen LogP contribution in [-0.2, 0) is 22.7 Å². The number of amides is 1. The summed E-state index contributed by atoms with van der Waals surface area (Å²) >= 11 is 0. The van der Waals surface area contributed by atoms with Crippen molar-refractivity contribution in [1.29, 1.82) is 0 Å². The molecule has 1 amide bonds. The molecule has 2 aromatic carbocycles. The van der Waals surface area contributed by atoms with E-state index >= 15 is 0 Å². The predicted molar refractivity (Wildman–Crippen MR) is 91.0 cm³/mol. The Bertz CT molecular complexity index is 974. The monoisotopic (exact) mass is 353 g/mol. The van der Waals surface area contributed by atoms with E-state index < -0.39 is 17.6 Å². The molecule has 0 saturated carbocycles. The number of hydrogen-bond donors (Lipinski definition) is 1. The lowest BCUT2D eigenvalue weighted by molar-refractivity contribution is -0.146. The van der Waals surface area contributed by atoms with Gasteiger partial charge < -0.3 is 14.9 Å². The highest BCUT2D eigenvalue weighted by molar-refractivity contribution is 5.92. The summed E-state index contributed by atoms with van der Waals surface area (Å²) in [6, 6.07) is 15.2. The van der Waals surface area contributed by atoms with Crippen molar-refractivity contribution in [3.8, 4) is 11.5 Å². The molecule has 8 nitrogen and oxygen atoms in total. The summed E-state index contributed by atoms with van der Waals surface area (Å²) in [6.07, 6.45) is 0. The fourth-order valence-corrected chi connectivity index (χ4v) is 2.20. The average molecular weight is 353 g/mol. The van der Waals surface area contributed by atoms with Crippen molar-refractivity contribution in [2.75, 3.05) is 0 Å². The zero-order valence-corrected chi connectivity index (χ0v) is 13.6. The standard InChI is InChI=1S/C18H15N3O5/c19-16(23)13-8-6-12(7-9-13)11-25-15(22)10-21-18(24)26-17(20-21)14-4-2-1-3-5-14/h1-9H,10-11H2,(H2,19,23).